The molecule has 0 saturated heterocycles. The average molecular weight is 371 g/mol. The zero-order valence-corrected chi connectivity index (χ0v) is 14.2. The molecular weight excluding hydrogens is 359 g/mol. The summed E-state index contributed by atoms with van der Waals surface area (Å²) in [4.78, 5) is 12.1. The molecule has 0 saturated carbocycles. The summed E-state index contributed by atoms with van der Waals surface area (Å²) in [5.41, 5.74) is 0.837. The van der Waals surface area contributed by atoms with Crippen LogP contribution < -0.4 is 15.4 Å². The first kappa shape index (κ1) is 17.3. The van der Waals surface area contributed by atoms with E-state index in [9.17, 15) is 9.90 Å². The zero-order valence-electron chi connectivity index (χ0n) is 11.9. The van der Waals surface area contributed by atoms with Crippen LogP contribution in [0.25, 0.3) is 0 Å². The van der Waals surface area contributed by atoms with E-state index in [4.69, 9.17) is 40.2 Å². The second-order valence-electron chi connectivity index (χ2n) is 4.43. The van der Waals surface area contributed by atoms with Gasteiger partial charge in [0.1, 0.15) is 5.75 Å². The van der Waals surface area contributed by atoms with Gasteiger partial charge in [0.05, 0.1) is 17.2 Å². The molecule has 8 heteroatoms. The van der Waals surface area contributed by atoms with Gasteiger partial charge in [0.25, 0.3) is 5.91 Å². The Labute approximate surface area is 148 Å². The van der Waals surface area contributed by atoms with Gasteiger partial charge in [-0.1, -0.05) is 29.3 Å². The molecule has 0 aliphatic heterocycles. The molecule has 5 nitrogen and oxygen atoms in total. The molecule has 0 aliphatic carbocycles. The van der Waals surface area contributed by atoms with Gasteiger partial charge in [-0.2, -0.15) is 0 Å². The van der Waals surface area contributed by atoms with Crippen LogP contribution in [0.5, 0.6) is 11.5 Å². The molecule has 3 N–H and O–H groups in total. The summed E-state index contributed by atoms with van der Waals surface area (Å²) in [6.07, 6.45) is 0. The van der Waals surface area contributed by atoms with Crippen molar-refractivity contribution in [3.63, 3.8) is 0 Å². The number of nitrogens with one attached hydrogen (secondary N) is 2. The maximum Gasteiger partial charge on any atom is 0.257 e. The van der Waals surface area contributed by atoms with Crippen LogP contribution in [0.4, 0.5) is 5.69 Å². The Hall–Kier alpha value is -2.02. The fraction of sp³-hybridized carbons (Fsp3) is 0.0667. The summed E-state index contributed by atoms with van der Waals surface area (Å²) < 4.78 is 5.06. The lowest BCUT2D eigenvalue weighted by Gasteiger charge is -2.11. The second-order valence-corrected chi connectivity index (χ2v) is 5.65. The minimum atomic E-state index is -0.391. The molecular formula is C15H12Cl2N2O3S. The van der Waals surface area contributed by atoms with E-state index in [1.807, 2.05) is 0 Å². The quantitative estimate of drug-likeness (QED) is 0.565. The van der Waals surface area contributed by atoms with Crippen molar-refractivity contribution in [1.29, 1.82) is 0 Å². The third kappa shape index (κ3) is 4.48. The second kappa shape index (κ2) is 7.50. The largest absolute Gasteiger partial charge is 0.505 e. The van der Waals surface area contributed by atoms with Gasteiger partial charge in [-0.25, -0.2) is 0 Å². The van der Waals surface area contributed by atoms with Gasteiger partial charge >= 0.3 is 0 Å². The van der Waals surface area contributed by atoms with Crippen LogP contribution in [0.3, 0.4) is 0 Å². The van der Waals surface area contributed by atoms with Gasteiger partial charge in [-0.05, 0) is 42.5 Å². The molecule has 0 fully saturated rings. The highest BCUT2D eigenvalue weighted by Gasteiger charge is 2.11. The van der Waals surface area contributed by atoms with Crippen molar-refractivity contribution in [3.8, 4) is 11.5 Å². The average Bonchev–Trinajstić information content (AvgIpc) is 2.52. The molecule has 0 atom stereocenters. The van der Waals surface area contributed by atoms with Crippen molar-refractivity contribution in [2.75, 3.05) is 12.4 Å². The maximum absolute atomic E-state index is 12.1. The lowest BCUT2D eigenvalue weighted by atomic mass is 10.2. The fourth-order valence-electron chi connectivity index (χ4n) is 1.74. The predicted octanol–water partition coefficient (Wildman–Crippen LogP) is 3.83. The van der Waals surface area contributed by atoms with E-state index in [1.54, 1.807) is 24.3 Å². The molecule has 2 aromatic carbocycles. The smallest absolute Gasteiger partial charge is 0.257 e. The molecule has 0 bridgehead atoms. The number of phenols is 1. The highest BCUT2D eigenvalue weighted by atomic mass is 35.5. The number of hydrogen-bond donors (Lipinski definition) is 3. The Morgan fingerprint density at radius 2 is 1.87 bits per heavy atom. The van der Waals surface area contributed by atoms with Gasteiger partial charge in [0, 0.05) is 11.3 Å². The van der Waals surface area contributed by atoms with E-state index < -0.39 is 5.91 Å². The summed E-state index contributed by atoms with van der Waals surface area (Å²) >= 11 is 16.7. The van der Waals surface area contributed by atoms with E-state index in [1.165, 1.54) is 19.2 Å². The SMILES string of the molecule is COc1cccc(C(=O)NC(=S)Nc2cc(Cl)c(O)c(Cl)c2)c1. The van der Waals surface area contributed by atoms with Gasteiger partial charge in [0.2, 0.25) is 0 Å². The van der Waals surface area contributed by atoms with Gasteiger partial charge in [-0.3, -0.25) is 10.1 Å². The van der Waals surface area contributed by atoms with Crippen molar-refractivity contribution in [2.45, 2.75) is 0 Å². The van der Waals surface area contributed by atoms with E-state index in [0.29, 0.717) is 17.0 Å². The van der Waals surface area contributed by atoms with Crippen LogP contribution in [0.2, 0.25) is 10.0 Å². The number of halogens is 2. The molecule has 23 heavy (non-hydrogen) atoms. The Kier molecular flexibility index (Phi) is 5.65. The van der Waals surface area contributed by atoms with Gasteiger partial charge in [-0.15, -0.1) is 0 Å². The predicted molar refractivity (Wildman–Crippen MR) is 94.8 cm³/mol. The van der Waals surface area contributed by atoms with Crippen LogP contribution in [-0.4, -0.2) is 23.2 Å². The number of carbonyl (C=O) groups excluding carboxylic acids is 1. The monoisotopic (exact) mass is 370 g/mol. The minimum absolute atomic E-state index is 0.0654. The molecule has 120 valence electrons. The van der Waals surface area contributed by atoms with E-state index in [0.717, 1.165) is 0 Å². The number of thiocarbonyl (C=S) groups is 1. The van der Waals surface area contributed by atoms with Gasteiger partial charge in [0.15, 0.2) is 10.9 Å². The standard InChI is InChI=1S/C15H12Cl2N2O3S/c1-22-10-4-2-3-8(5-10)14(21)19-15(23)18-9-6-11(16)13(20)12(17)7-9/h2-7,20H,1H3,(H2,18,19,21,23). The van der Waals surface area contributed by atoms with E-state index in [2.05, 4.69) is 10.6 Å². The zero-order chi connectivity index (χ0) is 17.0. The number of amides is 1. The van der Waals surface area contributed by atoms with E-state index >= 15 is 0 Å². The van der Waals surface area contributed by atoms with Crippen LogP contribution in [0, 0.1) is 0 Å². The van der Waals surface area contributed by atoms with Crippen LogP contribution in [0.1, 0.15) is 10.4 Å². The van der Waals surface area contributed by atoms with Crippen LogP contribution >= 0.6 is 35.4 Å². The summed E-state index contributed by atoms with van der Waals surface area (Å²) in [6.45, 7) is 0. The number of carbonyl (C=O) groups is 1. The highest BCUT2D eigenvalue weighted by molar-refractivity contribution is 7.80. The van der Waals surface area contributed by atoms with Crippen molar-refractivity contribution in [3.05, 3.63) is 52.0 Å². The number of ether oxygens (including phenoxy) is 1. The van der Waals surface area contributed by atoms with Crippen molar-refractivity contribution in [2.24, 2.45) is 0 Å². The third-order valence-electron chi connectivity index (χ3n) is 2.83. The summed E-state index contributed by atoms with van der Waals surface area (Å²) in [5.74, 6) is -0.0452. The van der Waals surface area contributed by atoms with Crippen LogP contribution in [0.15, 0.2) is 36.4 Å². The molecule has 0 radical (unpaired) electrons. The molecule has 0 spiro atoms. The van der Waals surface area contributed by atoms with Gasteiger partial charge < -0.3 is 15.2 Å². The topological polar surface area (TPSA) is 70.6 Å². The lowest BCUT2D eigenvalue weighted by Crippen LogP contribution is -2.34. The summed E-state index contributed by atoms with van der Waals surface area (Å²) in [5, 5.41) is 15.0. The fourth-order valence-corrected chi connectivity index (χ4v) is 2.44. The lowest BCUT2D eigenvalue weighted by molar-refractivity contribution is 0.0977. The number of hydrogen-bond acceptors (Lipinski definition) is 4. The Bertz CT molecular complexity index is 745. The minimum Gasteiger partial charge on any atom is -0.505 e. The first-order valence-electron chi connectivity index (χ1n) is 6.35. The van der Waals surface area contributed by atoms with Crippen LogP contribution in [-0.2, 0) is 0 Å². The number of anilines is 1. The highest BCUT2D eigenvalue weighted by Crippen LogP contribution is 2.34. The van der Waals surface area contributed by atoms with Crippen molar-refractivity contribution < 1.29 is 14.6 Å². The molecule has 1 amide bonds. The molecule has 0 unspecified atom stereocenters. The number of benzene rings is 2. The summed E-state index contributed by atoms with van der Waals surface area (Å²) in [6, 6.07) is 9.53. The third-order valence-corrected chi connectivity index (χ3v) is 3.61. The van der Waals surface area contributed by atoms with E-state index in [-0.39, 0.29) is 20.9 Å². The Morgan fingerprint density at radius 3 is 2.48 bits per heavy atom. The molecule has 0 aromatic heterocycles. The van der Waals surface area contributed by atoms with Crippen molar-refractivity contribution >= 4 is 52.1 Å². The molecule has 2 rings (SSSR count). The molecule has 2 aromatic rings. The Balaban J connectivity index is 2.05. The summed E-state index contributed by atoms with van der Waals surface area (Å²) in [7, 11) is 1.52. The first-order valence-corrected chi connectivity index (χ1v) is 7.51. The first-order chi connectivity index (χ1) is 10.9. The molecule has 0 aliphatic rings. The number of aromatic hydroxyl groups is 1. The Morgan fingerprint density at radius 1 is 1.22 bits per heavy atom. The normalized spacial score (nSPS) is 10.0. The maximum atomic E-state index is 12.1. The number of rotatable bonds is 3. The number of phenolic OH excluding ortho intramolecular Hbond substituents is 1. The van der Waals surface area contributed by atoms with Crippen molar-refractivity contribution in [1.82, 2.24) is 5.32 Å². The molecule has 0 heterocycles. The number of methoxy groups -OCH3 is 1.